The summed E-state index contributed by atoms with van der Waals surface area (Å²) in [6, 6.07) is 4.95. The summed E-state index contributed by atoms with van der Waals surface area (Å²) < 4.78 is 42.1. The molecule has 0 saturated carbocycles. The van der Waals surface area contributed by atoms with Gasteiger partial charge in [0.25, 0.3) is 0 Å². The van der Waals surface area contributed by atoms with Crippen LogP contribution >= 0.6 is 0 Å². The van der Waals surface area contributed by atoms with Gasteiger partial charge in [0.1, 0.15) is 11.9 Å². The van der Waals surface area contributed by atoms with E-state index in [1.807, 2.05) is 52.2 Å². The third-order valence-electron chi connectivity index (χ3n) is 6.50. The summed E-state index contributed by atoms with van der Waals surface area (Å²) in [5, 5.41) is 23.5. The zero-order valence-electron chi connectivity index (χ0n) is 22.4. The average molecular weight is 531 g/mol. The van der Waals surface area contributed by atoms with Crippen LogP contribution in [0.3, 0.4) is 0 Å². The van der Waals surface area contributed by atoms with Gasteiger partial charge < -0.3 is 15.0 Å². The Morgan fingerprint density at radius 1 is 1.27 bits per heavy atom. The normalized spacial score (nSPS) is 18.4. The van der Waals surface area contributed by atoms with E-state index in [1.54, 1.807) is 6.20 Å². The van der Waals surface area contributed by atoms with Crippen molar-refractivity contribution in [3.63, 3.8) is 0 Å². The first-order valence-electron chi connectivity index (χ1n) is 12.4. The number of aryl methyl sites for hydroxylation is 1. The van der Waals surface area contributed by atoms with Gasteiger partial charge in [0.2, 0.25) is 16.0 Å². The molecule has 200 valence electrons. The van der Waals surface area contributed by atoms with Gasteiger partial charge in [-0.1, -0.05) is 13.8 Å². The number of hydrogen-bond donors (Lipinski definition) is 2. The summed E-state index contributed by atoms with van der Waals surface area (Å²) in [4.78, 5) is 8.92. The van der Waals surface area contributed by atoms with Crippen LogP contribution in [0, 0.1) is 31.0 Å². The van der Waals surface area contributed by atoms with E-state index in [4.69, 9.17) is 0 Å². The Labute approximate surface area is 218 Å². The molecule has 1 unspecified atom stereocenters. The number of sulfonamides is 1. The maximum Gasteiger partial charge on any atom is 0.223 e. The smallest absolute Gasteiger partial charge is 0.223 e. The number of fused-ring (bicyclic) bond motifs is 1. The van der Waals surface area contributed by atoms with Gasteiger partial charge >= 0.3 is 0 Å². The van der Waals surface area contributed by atoms with E-state index in [0.29, 0.717) is 39.8 Å². The fraction of sp³-hybridized carbons (Fsp3) is 0.500. The van der Waals surface area contributed by atoms with Crippen LogP contribution in [0.2, 0.25) is 0 Å². The average Bonchev–Trinajstić information content (AvgIpc) is 3.13. The molecule has 1 fully saturated rings. The summed E-state index contributed by atoms with van der Waals surface area (Å²) in [5.41, 5.74) is 3.48. The van der Waals surface area contributed by atoms with Crippen molar-refractivity contribution in [3.05, 3.63) is 41.0 Å². The second-order valence-electron chi connectivity index (χ2n) is 9.34. The highest BCUT2D eigenvalue weighted by molar-refractivity contribution is 7.88. The second kappa shape index (κ2) is 11.1. The Balaban J connectivity index is 0.00000186. The minimum Gasteiger partial charge on any atom is -0.390 e. The topological polar surface area (TPSA) is 124 Å². The Kier molecular flexibility index (Phi) is 8.57. The predicted molar refractivity (Wildman–Crippen MR) is 143 cm³/mol. The van der Waals surface area contributed by atoms with Gasteiger partial charge in [-0.05, 0) is 51.8 Å². The van der Waals surface area contributed by atoms with Gasteiger partial charge in [-0.25, -0.2) is 22.8 Å². The highest BCUT2D eigenvalue weighted by Crippen LogP contribution is 2.35. The number of benzene rings is 1. The van der Waals surface area contributed by atoms with Crippen LogP contribution < -0.4 is 5.32 Å². The molecule has 1 aromatic carbocycles. The number of anilines is 1. The molecule has 1 aliphatic heterocycles. The number of nitrogens with one attached hydrogen (secondary N) is 1. The molecule has 3 heterocycles. The number of aromatic nitrogens is 3. The van der Waals surface area contributed by atoms with E-state index < -0.39 is 28.0 Å². The number of aliphatic hydroxyl groups is 1. The highest BCUT2D eigenvalue weighted by atomic mass is 32.2. The van der Waals surface area contributed by atoms with E-state index in [2.05, 4.69) is 21.4 Å². The van der Waals surface area contributed by atoms with Crippen LogP contribution in [0.25, 0.3) is 22.2 Å². The molecule has 0 bridgehead atoms. The molecule has 0 aliphatic carbocycles. The summed E-state index contributed by atoms with van der Waals surface area (Å²) in [7, 11) is -3.38. The van der Waals surface area contributed by atoms with Gasteiger partial charge in [0.05, 0.1) is 40.6 Å². The molecule has 0 amide bonds. The van der Waals surface area contributed by atoms with Gasteiger partial charge in [-0.2, -0.15) is 9.57 Å². The van der Waals surface area contributed by atoms with Crippen molar-refractivity contribution in [1.82, 2.24) is 18.8 Å². The fourth-order valence-electron chi connectivity index (χ4n) is 4.79. The Morgan fingerprint density at radius 3 is 2.51 bits per heavy atom. The minimum absolute atomic E-state index is 0.0101. The zero-order valence-corrected chi connectivity index (χ0v) is 23.2. The fourth-order valence-corrected chi connectivity index (χ4v) is 5.65. The molecule has 0 radical (unpaired) electrons. The van der Waals surface area contributed by atoms with Crippen molar-refractivity contribution in [2.75, 3.05) is 24.7 Å². The van der Waals surface area contributed by atoms with Crippen molar-refractivity contribution in [3.8, 4) is 17.3 Å². The lowest BCUT2D eigenvalue weighted by Crippen LogP contribution is -2.51. The summed E-state index contributed by atoms with van der Waals surface area (Å²) in [6.07, 6.45) is 2.20. The largest absolute Gasteiger partial charge is 0.390 e. The Hall–Kier alpha value is -3.07. The van der Waals surface area contributed by atoms with E-state index in [0.717, 1.165) is 11.8 Å². The molecule has 4 rings (SSSR count). The molecule has 2 aromatic heterocycles. The van der Waals surface area contributed by atoms with Crippen LogP contribution in [0.15, 0.2) is 18.3 Å². The molecule has 9 nitrogen and oxygen atoms in total. The monoisotopic (exact) mass is 530 g/mol. The van der Waals surface area contributed by atoms with E-state index in [9.17, 15) is 18.8 Å². The van der Waals surface area contributed by atoms with E-state index >= 15 is 4.39 Å². The van der Waals surface area contributed by atoms with Gasteiger partial charge in [-0.15, -0.1) is 0 Å². The van der Waals surface area contributed by atoms with Gasteiger partial charge in [-0.3, -0.25) is 0 Å². The van der Waals surface area contributed by atoms with E-state index in [1.165, 1.54) is 10.4 Å². The second-order valence-corrected chi connectivity index (χ2v) is 11.3. The Bertz CT molecular complexity index is 1440. The summed E-state index contributed by atoms with van der Waals surface area (Å²) in [6.45, 7) is 11.9. The molecule has 2 N–H and O–H groups in total. The first-order valence-corrected chi connectivity index (χ1v) is 14.2. The van der Waals surface area contributed by atoms with Crippen molar-refractivity contribution in [2.45, 2.75) is 66.2 Å². The first-order chi connectivity index (χ1) is 17.4. The molecular formula is C26H35FN6O3S. The van der Waals surface area contributed by atoms with E-state index in [-0.39, 0.29) is 25.1 Å². The van der Waals surface area contributed by atoms with Crippen LogP contribution in [0.5, 0.6) is 0 Å². The third kappa shape index (κ3) is 5.61. The molecule has 0 spiro atoms. The maximum atomic E-state index is 15.3. The Morgan fingerprint density at radius 2 is 1.95 bits per heavy atom. The lowest BCUT2D eigenvalue weighted by molar-refractivity contribution is 0.0950. The number of nitrogens with zero attached hydrogens (tertiary/aromatic N) is 5. The molecule has 11 heteroatoms. The molecule has 1 saturated heterocycles. The van der Waals surface area contributed by atoms with Gasteiger partial charge in [0, 0.05) is 36.6 Å². The number of rotatable bonds is 5. The number of β-amino-alcohol motifs (C(OH)–C–C–N with tert-alkyl or cyclic N) is 1. The van der Waals surface area contributed by atoms with Crippen LogP contribution in [0.4, 0.5) is 10.3 Å². The van der Waals surface area contributed by atoms with Crippen molar-refractivity contribution < 1.29 is 17.9 Å². The third-order valence-corrected chi connectivity index (χ3v) is 7.77. The maximum absolute atomic E-state index is 15.3. The van der Waals surface area contributed by atoms with Crippen LogP contribution in [-0.4, -0.2) is 63.9 Å². The highest BCUT2D eigenvalue weighted by Gasteiger charge is 2.32. The zero-order chi connectivity index (χ0) is 27.7. The summed E-state index contributed by atoms with van der Waals surface area (Å²) in [5.74, 6) is -0.233. The molecule has 3 aromatic rings. The lowest BCUT2D eigenvalue weighted by atomic mass is 10.0. The first kappa shape index (κ1) is 28.5. The van der Waals surface area contributed by atoms with Gasteiger partial charge in [0.15, 0.2) is 0 Å². The van der Waals surface area contributed by atoms with Crippen molar-refractivity contribution >= 4 is 26.9 Å². The van der Waals surface area contributed by atoms with Crippen molar-refractivity contribution in [1.29, 1.82) is 5.26 Å². The SMILES string of the molecule is CC.Cc1cnc(NC2CCN(S(C)(=O)=O)C[C@@H]2O)nc1-c1cc(F)c2c(C#N)c(C)n(C(C)C)c2c1. The van der Waals surface area contributed by atoms with Crippen LogP contribution in [-0.2, 0) is 10.0 Å². The van der Waals surface area contributed by atoms with Crippen LogP contribution in [0.1, 0.15) is 57.0 Å². The molecule has 2 atom stereocenters. The standard InChI is InChI=1S/C24H29FN6O3S.C2H6/c1-13(2)31-15(4)17(10-26)22-18(25)8-16(9-20(22)31)23-14(3)11-27-24(29-23)28-19-6-7-30(12-21(19)32)35(5,33)34;1-2/h8-9,11,13,19,21,32H,6-7,12H2,1-5H3,(H,27,28,29);1-2H3/t19?,21-;/m0./s1. The number of piperidine rings is 1. The number of hydrogen-bond acceptors (Lipinski definition) is 7. The van der Waals surface area contributed by atoms with Crippen molar-refractivity contribution in [2.24, 2.45) is 0 Å². The minimum atomic E-state index is -3.38. The molecular weight excluding hydrogens is 495 g/mol. The number of halogens is 1. The number of aliphatic hydroxyl groups excluding tert-OH is 1. The molecule has 37 heavy (non-hydrogen) atoms. The summed E-state index contributed by atoms with van der Waals surface area (Å²) >= 11 is 0. The number of nitriles is 1. The predicted octanol–water partition coefficient (Wildman–Crippen LogP) is 4.14. The molecule has 1 aliphatic rings. The lowest BCUT2D eigenvalue weighted by Gasteiger charge is -2.34. The quantitative estimate of drug-likeness (QED) is 0.508.